The molecule has 11 aromatic rings. The average Bonchev–Trinajstić information content (AvgIpc) is 3.77. The molecule has 0 radical (unpaired) electrons. The Morgan fingerprint density at radius 3 is 1.48 bits per heavy atom. The predicted octanol–water partition coefficient (Wildman–Crippen LogP) is 16.5. The number of rotatable bonds is 8. The molecular formula is C58H39NO. The van der Waals surface area contributed by atoms with Crippen LogP contribution in [0, 0.1) is 0 Å². The van der Waals surface area contributed by atoms with Crippen LogP contribution in [0.3, 0.4) is 0 Å². The Kier molecular flexibility index (Phi) is 8.87. The fourth-order valence-corrected chi connectivity index (χ4v) is 8.60. The van der Waals surface area contributed by atoms with Crippen molar-refractivity contribution in [3.8, 4) is 55.8 Å². The van der Waals surface area contributed by atoms with Crippen molar-refractivity contribution in [3.05, 3.63) is 237 Å². The van der Waals surface area contributed by atoms with Gasteiger partial charge in [-0.3, -0.25) is 0 Å². The van der Waals surface area contributed by atoms with Crippen molar-refractivity contribution in [2.24, 2.45) is 0 Å². The summed E-state index contributed by atoms with van der Waals surface area (Å²) in [5, 5.41) is 6.08. The number of benzene rings is 10. The molecule has 2 heteroatoms. The molecule has 0 saturated heterocycles. The maximum atomic E-state index is 6.46. The van der Waals surface area contributed by atoms with E-state index in [1.807, 2.05) is 12.1 Å². The smallest absolute Gasteiger partial charge is 0.136 e. The lowest BCUT2D eigenvalue weighted by Crippen LogP contribution is -2.09. The monoisotopic (exact) mass is 765 g/mol. The molecule has 0 amide bonds. The zero-order valence-corrected chi connectivity index (χ0v) is 32.9. The van der Waals surface area contributed by atoms with Gasteiger partial charge in [-0.05, 0) is 127 Å². The second-order valence-corrected chi connectivity index (χ2v) is 15.3. The number of furan rings is 1. The Morgan fingerprint density at radius 2 is 0.783 bits per heavy atom. The molecule has 0 unspecified atom stereocenters. The van der Waals surface area contributed by atoms with E-state index >= 15 is 0 Å². The molecule has 0 fully saturated rings. The molecule has 1 aromatic heterocycles. The molecular weight excluding hydrogens is 727 g/mol. The quantitative estimate of drug-likeness (QED) is 0.153. The molecule has 1 heterocycles. The number of hydrogen-bond acceptors (Lipinski definition) is 2. The van der Waals surface area contributed by atoms with Crippen LogP contribution >= 0.6 is 0 Å². The van der Waals surface area contributed by atoms with Crippen LogP contribution < -0.4 is 4.90 Å². The first-order valence-corrected chi connectivity index (χ1v) is 20.5. The number of fused-ring (bicyclic) bond motifs is 3. The first-order valence-electron chi connectivity index (χ1n) is 20.5. The molecule has 0 aliphatic rings. The maximum Gasteiger partial charge on any atom is 0.136 e. The van der Waals surface area contributed by atoms with Crippen LogP contribution in [0.1, 0.15) is 0 Å². The van der Waals surface area contributed by atoms with E-state index in [0.717, 1.165) is 61.6 Å². The van der Waals surface area contributed by atoms with Crippen LogP contribution in [-0.4, -0.2) is 0 Å². The molecule has 0 bridgehead atoms. The molecule has 10 aromatic carbocycles. The van der Waals surface area contributed by atoms with E-state index in [1.165, 1.54) is 43.8 Å². The Hall–Kier alpha value is -7.94. The highest BCUT2D eigenvalue weighted by Crippen LogP contribution is 2.41. The van der Waals surface area contributed by atoms with Gasteiger partial charge in [0, 0.05) is 28.0 Å². The van der Waals surface area contributed by atoms with Gasteiger partial charge >= 0.3 is 0 Å². The number of anilines is 3. The van der Waals surface area contributed by atoms with Crippen LogP contribution in [0.2, 0.25) is 0 Å². The van der Waals surface area contributed by atoms with E-state index in [4.69, 9.17) is 4.42 Å². The van der Waals surface area contributed by atoms with E-state index in [2.05, 4.69) is 229 Å². The van der Waals surface area contributed by atoms with Crippen molar-refractivity contribution < 1.29 is 4.42 Å². The van der Waals surface area contributed by atoms with Gasteiger partial charge in [-0.1, -0.05) is 176 Å². The molecule has 0 atom stereocenters. The minimum atomic E-state index is 0.860. The van der Waals surface area contributed by atoms with E-state index in [1.54, 1.807) is 0 Å². The number of para-hydroxylation sites is 1. The summed E-state index contributed by atoms with van der Waals surface area (Å²) in [5.41, 5.74) is 14.6. The van der Waals surface area contributed by atoms with Crippen molar-refractivity contribution >= 4 is 49.6 Å². The minimum Gasteiger partial charge on any atom is -0.456 e. The number of nitrogens with zero attached hydrogens (tertiary/aromatic N) is 1. The number of hydrogen-bond donors (Lipinski definition) is 0. The summed E-state index contributed by atoms with van der Waals surface area (Å²) in [6.07, 6.45) is 0. The van der Waals surface area contributed by atoms with E-state index in [-0.39, 0.29) is 0 Å². The third-order valence-electron chi connectivity index (χ3n) is 11.7. The van der Waals surface area contributed by atoms with E-state index in [9.17, 15) is 0 Å². The summed E-state index contributed by atoms with van der Waals surface area (Å²) in [5.74, 6) is 0.860. The maximum absolute atomic E-state index is 6.46. The predicted molar refractivity (Wildman–Crippen MR) is 253 cm³/mol. The van der Waals surface area contributed by atoms with Gasteiger partial charge < -0.3 is 9.32 Å². The van der Waals surface area contributed by atoms with Gasteiger partial charge in [-0.25, -0.2) is 0 Å². The van der Waals surface area contributed by atoms with Crippen molar-refractivity contribution in [3.63, 3.8) is 0 Å². The van der Waals surface area contributed by atoms with Gasteiger partial charge in [0.1, 0.15) is 11.3 Å². The second kappa shape index (κ2) is 15.1. The lowest BCUT2D eigenvalue weighted by molar-refractivity contribution is 0.632. The van der Waals surface area contributed by atoms with Crippen LogP contribution in [0.15, 0.2) is 241 Å². The Bertz CT molecular complexity index is 3250. The fraction of sp³-hybridized carbons (Fsp3) is 0. The highest BCUT2D eigenvalue weighted by Gasteiger charge is 2.17. The summed E-state index contributed by atoms with van der Waals surface area (Å²) in [4.78, 5) is 2.35. The zero-order chi connectivity index (χ0) is 39.8. The van der Waals surface area contributed by atoms with Crippen LogP contribution in [-0.2, 0) is 0 Å². The molecule has 282 valence electrons. The Labute approximate surface area is 349 Å². The fourth-order valence-electron chi connectivity index (χ4n) is 8.60. The van der Waals surface area contributed by atoms with Crippen molar-refractivity contribution in [1.29, 1.82) is 0 Å². The third kappa shape index (κ3) is 6.61. The second-order valence-electron chi connectivity index (χ2n) is 15.3. The summed E-state index contributed by atoms with van der Waals surface area (Å²) in [7, 11) is 0. The Morgan fingerprint density at radius 1 is 0.267 bits per heavy atom. The minimum absolute atomic E-state index is 0.860. The summed E-state index contributed by atoms with van der Waals surface area (Å²) < 4.78 is 6.46. The molecule has 0 aliphatic carbocycles. The topological polar surface area (TPSA) is 16.4 Å². The highest BCUT2D eigenvalue weighted by atomic mass is 16.3. The van der Waals surface area contributed by atoms with Crippen LogP contribution in [0.5, 0.6) is 0 Å². The first kappa shape index (κ1) is 35.2. The standard InChI is InChI=1S/C58H39NO/c1-2-12-43(13-3-1)55-36-29-48(38-56(55)58-39-49-16-7-9-20-57(49)60-58)42-25-32-51(33-26-42)59(50-30-23-41(24-31-50)47-22-21-40-11-4-5-15-46(40)37-47)52-34-27-45(28-35-52)54-19-10-17-44-14-6-8-18-53(44)54/h1-39H. The molecule has 0 saturated carbocycles. The van der Waals surface area contributed by atoms with Gasteiger partial charge in [0.15, 0.2) is 0 Å². The summed E-state index contributed by atoms with van der Waals surface area (Å²) >= 11 is 0. The van der Waals surface area contributed by atoms with E-state index in [0.29, 0.717) is 0 Å². The highest BCUT2D eigenvalue weighted by molar-refractivity contribution is 5.97. The van der Waals surface area contributed by atoms with Gasteiger partial charge in [-0.2, -0.15) is 0 Å². The Balaban J connectivity index is 0.979. The largest absolute Gasteiger partial charge is 0.456 e. The normalized spacial score (nSPS) is 11.3. The van der Waals surface area contributed by atoms with Crippen molar-refractivity contribution in [2.75, 3.05) is 4.90 Å². The lowest BCUT2D eigenvalue weighted by atomic mass is 9.93. The van der Waals surface area contributed by atoms with Gasteiger partial charge in [0.2, 0.25) is 0 Å². The van der Waals surface area contributed by atoms with Gasteiger partial charge in [0.05, 0.1) is 0 Å². The van der Waals surface area contributed by atoms with E-state index < -0.39 is 0 Å². The average molecular weight is 766 g/mol. The van der Waals surface area contributed by atoms with Crippen LogP contribution in [0.4, 0.5) is 17.1 Å². The summed E-state index contributed by atoms with van der Waals surface area (Å²) in [6, 6.07) is 84.8. The first-order chi connectivity index (χ1) is 29.7. The van der Waals surface area contributed by atoms with Crippen molar-refractivity contribution in [1.82, 2.24) is 0 Å². The molecule has 0 aliphatic heterocycles. The van der Waals surface area contributed by atoms with Crippen molar-refractivity contribution in [2.45, 2.75) is 0 Å². The summed E-state index contributed by atoms with van der Waals surface area (Å²) in [6.45, 7) is 0. The lowest BCUT2D eigenvalue weighted by Gasteiger charge is -2.26. The molecule has 0 N–H and O–H groups in total. The van der Waals surface area contributed by atoms with Gasteiger partial charge in [-0.15, -0.1) is 0 Å². The zero-order valence-electron chi connectivity index (χ0n) is 32.9. The molecule has 60 heavy (non-hydrogen) atoms. The molecule has 11 rings (SSSR count). The SMILES string of the molecule is c1ccc(-c2ccc(-c3ccc(N(c4ccc(-c5ccc6ccccc6c5)cc4)c4ccc(-c5cccc6ccccc56)cc4)cc3)cc2-c2cc3ccccc3o2)cc1. The molecule has 0 spiro atoms. The molecule has 2 nitrogen and oxygen atoms in total. The van der Waals surface area contributed by atoms with Crippen LogP contribution in [0.25, 0.3) is 88.3 Å². The third-order valence-corrected chi connectivity index (χ3v) is 11.7. The van der Waals surface area contributed by atoms with Gasteiger partial charge in [0.25, 0.3) is 0 Å².